The van der Waals surface area contributed by atoms with E-state index in [-0.39, 0.29) is 0 Å². The molecule has 1 aliphatic heterocycles. The average molecular weight is 350 g/mol. The zero-order chi connectivity index (χ0) is 17.7. The van der Waals surface area contributed by atoms with E-state index in [0.29, 0.717) is 0 Å². The minimum atomic E-state index is 0.819. The Balaban J connectivity index is 1.50. The molecule has 0 spiro atoms. The van der Waals surface area contributed by atoms with Gasteiger partial charge >= 0.3 is 0 Å². The smallest absolute Gasteiger partial charge is 0.191 e. The van der Waals surface area contributed by atoms with E-state index in [2.05, 4.69) is 42.2 Å². The summed E-state index contributed by atoms with van der Waals surface area (Å²) >= 11 is 0. The number of nitrogens with one attached hydrogen (secondary N) is 2. The van der Waals surface area contributed by atoms with Crippen LogP contribution >= 0.6 is 0 Å². The van der Waals surface area contributed by atoms with E-state index in [9.17, 15) is 0 Å². The van der Waals surface area contributed by atoms with Crippen molar-refractivity contribution in [2.45, 2.75) is 58.4 Å². The van der Waals surface area contributed by atoms with Crippen molar-refractivity contribution in [1.82, 2.24) is 30.3 Å². The molecular weight excluding hydrogens is 314 g/mol. The first kappa shape index (κ1) is 19.7. The Hall–Kier alpha value is -1.63. The van der Waals surface area contributed by atoms with Gasteiger partial charge in [0, 0.05) is 33.1 Å². The first-order chi connectivity index (χ1) is 12.3. The third-order valence-electron chi connectivity index (χ3n) is 4.77. The van der Waals surface area contributed by atoms with Crippen LogP contribution in [0.4, 0.5) is 0 Å². The van der Waals surface area contributed by atoms with Gasteiger partial charge in [-0.15, -0.1) is 10.2 Å². The van der Waals surface area contributed by atoms with Crippen LogP contribution in [0, 0.1) is 0 Å². The van der Waals surface area contributed by atoms with Crippen molar-refractivity contribution in [2.24, 2.45) is 4.99 Å². The van der Waals surface area contributed by atoms with Gasteiger partial charge in [0.05, 0.1) is 0 Å². The standard InChI is InChI=1S/C18H35N7/c1-3-17-23-22-16-25(17)15-11-21-18(19-2)20-10-6-4-7-12-24-13-8-5-9-14-24/h16H,3-15H2,1-2H3,(H2,19,20,21). The number of hydrogen-bond acceptors (Lipinski definition) is 4. The van der Waals surface area contributed by atoms with Crippen molar-refractivity contribution in [2.75, 3.05) is 39.8 Å². The average Bonchev–Trinajstić information content (AvgIpc) is 3.11. The molecule has 0 unspecified atom stereocenters. The van der Waals surface area contributed by atoms with Crippen molar-refractivity contribution in [1.29, 1.82) is 0 Å². The zero-order valence-electron chi connectivity index (χ0n) is 16.0. The highest BCUT2D eigenvalue weighted by Gasteiger charge is 2.08. The second kappa shape index (κ2) is 11.8. The van der Waals surface area contributed by atoms with Crippen molar-refractivity contribution >= 4 is 5.96 Å². The SMILES string of the molecule is CCc1nncn1CCNC(=NC)NCCCCCN1CCCCC1. The van der Waals surface area contributed by atoms with Crippen molar-refractivity contribution < 1.29 is 0 Å². The third kappa shape index (κ3) is 7.42. The molecular formula is C18H35N7. The lowest BCUT2D eigenvalue weighted by Gasteiger charge is -2.26. The Bertz CT molecular complexity index is 491. The minimum Gasteiger partial charge on any atom is -0.356 e. The lowest BCUT2D eigenvalue weighted by Crippen LogP contribution is -2.39. The molecule has 2 N–H and O–H groups in total. The quantitative estimate of drug-likeness (QED) is 0.382. The van der Waals surface area contributed by atoms with Crippen LogP contribution in [0.25, 0.3) is 0 Å². The Morgan fingerprint density at radius 2 is 1.88 bits per heavy atom. The van der Waals surface area contributed by atoms with Gasteiger partial charge in [0.2, 0.25) is 0 Å². The monoisotopic (exact) mass is 349 g/mol. The summed E-state index contributed by atoms with van der Waals surface area (Å²) in [4.78, 5) is 6.90. The zero-order valence-corrected chi connectivity index (χ0v) is 16.0. The highest BCUT2D eigenvalue weighted by Crippen LogP contribution is 2.09. The number of nitrogens with zero attached hydrogens (tertiary/aromatic N) is 5. The largest absolute Gasteiger partial charge is 0.356 e. The molecule has 1 aromatic rings. The van der Waals surface area contributed by atoms with Gasteiger partial charge in [-0.05, 0) is 45.3 Å². The molecule has 0 saturated carbocycles. The van der Waals surface area contributed by atoms with Crippen LogP contribution in [0.5, 0.6) is 0 Å². The maximum atomic E-state index is 4.29. The van der Waals surface area contributed by atoms with Crippen LogP contribution in [0.2, 0.25) is 0 Å². The molecule has 7 nitrogen and oxygen atoms in total. The van der Waals surface area contributed by atoms with Gasteiger partial charge in [-0.25, -0.2) is 0 Å². The Kier molecular flexibility index (Phi) is 9.33. The number of aliphatic imine (C=N–C) groups is 1. The van der Waals surface area contributed by atoms with Gasteiger partial charge in [0.15, 0.2) is 5.96 Å². The number of unbranched alkanes of at least 4 members (excludes halogenated alkanes) is 2. The Morgan fingerprint density at radius 3 is 2.64 bits per heavy atom. The molecule has 2 heterocycles. The topological polar surface area (TPSA) is 70.4 Å². The molecule has 0 bridgehead atoms. The van der Waals surface area contributed by atoms with Gasteiger partial charge in [-0.2, -0.15) is 0 Å². The molecule has 1 fully saturated rings. The number of rotatable bonds is 10. The van der Waals surface area contributed by atoms with Gasteiger partial charge in [0.25, 0.3) is 0 Å². The van der Waals surface area contributed by atoms with Crippen LogP contribution in [-0.4, -0.2) is 65.4 Å². The van der Waals surface area contributed by atoms with Crippen LogP contribution in [0.3, 0.4) is 0 Å². The molecule has 7 heteroatoms. The second-order valence-electron chi connectivity index (χ2n) is 6.68. The van der Waals surface area contributed by atoms with Crippen LogP contribution in [0.15, 0.2) is 11.3 Å². The molecule has 142 valence electrons. The molecule has 2 rings (SSSR count). The molecule has 0 aliphatic carbocycles. The Labute approximate surface area is 152 Å². The summed E-state index contributed by atoms with van der Waals surface area (Å²) in [5.74, 6) is 1.90. The minimum absolute atomic E-state index is 0.819. The van der Waals surface area contributed by atoms with Gasteiger partial charge in [-0.1, -0.05) is 19.8 Å². The summed E-state index contributed by atoms with van der Waals surface area (Å²) in [6.45, 7) is 8.63. The maximum absolute atomic E-state index is 4.29. The normalized spacial score (nSPS) is 16.2. The summed E-state index contributed by atoms with van der Waals surface area (Å²) in [5, 5.41) is 14.8. The maximum Gasteiger partial charge on any atom is 0.191 e. The molecule has 0 radical (unpaired) electrons. The summed E-state index contributed by atoms with van der Waals surface area (Å²) < 4.78 is 2.08. The van der Waals surface area contributed by atoms with E-state index in [1.807, 2.05) is 7.05 Å². The molecule has 1 saturated heterocycles. The van der Waals surface area contributed by atoms with Gasteiger partial charge in [0.1, 0.15) is 12.2 Å². The van der Waals surface area contributed by atoms with Gasteiger partial charge < -0.3 is 20.1 Å². The number of guanidine groups is 1. The fourth-order valence-corrected chi connectivity index (χ4v) is 3.28. The summed E-state index contributed by atoms with van der Waals surface area (Å²) in [6, 6.07) is 0. The number of piperidine rings is 1. The molecule has 0 atom stereocenters. The first-order valence-corrected chi connectivity index (χ1v) is 9.87. The highest BCUT2D eigenvalue weighted by atomic mass is 15.3. The molecule has 1 aliphatic rings. The number of aromatic nitrogens is 3. The first-order valence-electron chi connectivity index (χ1n) is 9.87. The molecule has 0 amide bonds. The van der Waals surface area contributed by atoms with E-state index >= 15 is 0 Å². The summed E-state index contributed by atoms with van der Waals surface area (Å²) in [5.41, 5.74) is 0. The van der Waals surface area contributed by atoms with Crippen molar-refractivity contribution in [3.8, 4) is 0 Å². The summed E-state index contributed by atoms with van der Waals surface area (Å²) in [7, 11) is 1.82. The van der Waals surface area contributed by atoms with E-state index in [0.717, 1.165) is 37.8 Å². The van der Waals surface area contributed by atoms with Crippen molar-refractivity contribution in [3.63, 3.8) is 0 Å². The second-order valence-corrected chi connectivity index (χ2v) is 6.68. The van der Waals surface area contributed by atoms with Gasteiger partial charge in [-0.3, -0.25) is 4.99 Å². The lowest BCUT2D eigenvalue weighted by molar-refractivity contribution is 0.224. The van der Waals surface area contributed by atoms with Crippen LogP contribution < -0.4 is 10.6 Å². The summed E-state index contributed by atoms with van der Waals surface area (Å²) in [6.07, 6.45) is 10.7. The third-order valence-corrected chi connectivity index (χ3v) is 4.77. The van der Waals surface area contributed by atoms with Crippen LogP contribution in [-0.2, 0) is 13.0 Å². The van der Waals surface area contributed by atoms with Crippen LogP contribution in [0.1, 0.15) is 51.3 Å². The fraction of sp³-hybridized carbons (Fsp3) is 0.833. The van der Waals surface area contributed by atoms with Crippen molar-refractivity contribution in [3.05, 3.63) is 12.2 Å². The predicted octanol–water partition coefficient (Wildman–Crippen LogP) is 1.66. The predicted molar refractivity (Wildman–Crippen MR) is 103 cm³/mol. The lowest BCUT2D eigenvalue weighted by atomic mass is 10.1. The molecule has 25 heavy (non-hydrogen) atoms. The fourth-order valence-electron chi connectivity index (χ4n) is 3.28. The van der Waals surface area contributed by atoms with E-state index in [1.165, 1.54) is 58.2 Å². The highest BCUT2D eigenvalue weighted by molar-refractivity contribution is 5.79. The molecule has 0 aromatic carbocycles. The van der Waals surface area contributed by atoms with E-state index in [1.54, 1.807) is 6.33 Å². The van der Waals surface area contributed by atoms with E-state index in [4.69, 9.17) is 0 Å². The number of aryl methyl sites for hydroxylation is 1. The van der Waals surface area contributed by atoms with E-state index < -0.39 is 0 Å². The number of likely N-dealkylation sites (tertiary alicyclic amines) is 1. The number of hydrogen-bond donors (Lipinski definition) is 2. The Morgan fingerprint density at radius 1 is 1.08 bits per heavy atom. The molecule has 1 aromatic heterocycles.